The number of hydrogen-bond donors (Lipinski definition) is 2. The van der Waals surface area contributed by atoms with Crippen LogP contribution in [0.2, 0.25) is 0 Å². The zero-order valence-electron chi connectivity index (χ0n) is 25.5. The van der Waals surface area contributed by atoms with Crippen molar-refractivity contribution in [2.45, 2.75) is 53.5 Å². The molecule has 1 aromatic carbocycles. The van der Waals surface area contributed by atoms with Crippen molar-refractivity contribution in [1.82, 2.24) is 15.1 Å². The quantitative estimate of drug-likeness (QED) is 0.391. The van der Waals surface area contributed by atoms with E-state index in [1.54, 1.807) is 13.1 Å². The summed E-state index contributed by atoms with van der Waals surface area (Å²) in [5, 5.41) is 3.42. The molecule has 7 heteroatoms. The number of nitrogens with one attached hydrogen (secondary N) is 1. The monoisotopic (exact) mass is 557 g/mol. The number of morpholine rings is 1. The van der Waals surface area contributed by atoms with Gasteiger partial charge in [0.25, 0.3) is 0 Å². The third-order valence-electron chi connectivity index (χ3n) is 7.09. The molecular formula is C34H47N5O2. The van der Waals surface area contributed by atoms with Gasteiger partial charge in [-0.25, -0.2) is 4.99 Å². The van der Waals surface area contributed by atoms with Crippen molar-refractivity contribution in [2.24, 2.45) is 10.7 Å². The largest absolute Gasteiger partial charge is 0.378 e. The third kappa shape index (κ3) is 9.73. The first kappa shape index (κ1) is 31.8. The molecule has 0 radical (unpaired) electrons. The van der Waals surface area contributed by atoms with Gasteiger partial charge >= 0.3 is 0 Å². The lowest BCUT2D eigenvalue weighted by Crippen LogP contribution is -2.54. The Bertz CT molecular complexity index is 1240. The SMILES string of the molecule is C=CN=C1NC(c2ccc(C)cc2)=C/C1=C(/C)N1CCOCC1.CC/C=C/C=C(\C=C(/C)CC(C)=O)N1CC(N)C1. The van der Waals surface area contributed by atoms with Crippen molar-refractivity contribution in [3.05, 3.63) is 101 Å². The highest BCUT2D eigenvalue weighted by atomic mass is 16.5. The molecule has 0 unspecified atom stereocenters. The van der Waals surface area contributed by atoms with Crippen LogP contribution in [0.1, 0.15) is 51.7 Å². The molecule has 2 saturated heterocycles. The summed E-state index contributed by atoms with van der Waals surface area (Å²) >= 11 is 0. The van der Waals surface area contributed by atoms with Crippen molar-refractivity contribution in [2.75, 3.05) is 39.4 Å². The standard InChI is InChI=1S/C19H23N3O.C15H24N2O/c1-4-20-19-17(15(3)22-9-11-23-12-10-22)13-18(21-19)16-7-5-14(2)6-8-16;1-4-5-6-7-15(17-10-14(16)11-17)9-12(2)8-13(3)18/h4-8,13H,1,9-12H2,2-3H3,(H,20,21);5-7,9,14H,4,8,10-11,16H2,1-3H3/b17-15+;6-5+,12-9+,15-7+. The number of carbonyl (C=O) groups excluding carboxylic acids is 1. The Morgan fingerprint density at radius 3 is 2.41 bits per heavy atom. The van der Waals surface area contributed by atoms with Crippen molar-refractivity contribution < 1.29 is 9.53 Å². The minimum Gasteiger partial charge on any atom is -0.378 e. The Labute approximate surface area is 246 Å². The maximum absolute atomic E-state index is 11.1. The summed E-state index contributed by atoms with van der Waals surface area (Å²) in [4.78, 5) is 20.1. The van der Waals surface area contributed by atoms with E-state index in [1.807, 2.05) is 6.92 Å². The number of carbonyl (C=O) groups is 1. The number of allylic oxidation sites excluding steroid dienone is 6. The second-order valence-corrected chi connectivity index (χ2v) is 10.8. The van der Waals surface area contributed by atoms with Crippen molar-refractivity contribution in [3.8, 4) is 0 Å². The first-order valence-electron chi connectivity index (χ1n) is 14.5. The molecule has 2 fully saturated rings. The predicted molar refractivity (Wildman–Crippen MR) is 171 cm³/mol. The number of hydrogen-bond acceptors (Lipinski definition) is 6. The zero-order valence-corrected chi connectivity index (χ0v) is 25.5. The number of ether oxygens (including phenoxy) is 1. The molecule has 220 valence electrons. The second-order valence-electron chi connectivity index (χ2n) is 10.8. The van der Waals surface area contributed by atoms with Gasteiger partial charge in [-0.2, -0.15) is 0 Å². The van der Waals surface area contributed by atoms with E-state index in [9.17, 15) is 4.79 Å². The number of likely N-dealkylation sites (tertiary alicyclic amines) is 1. The zero-order chi connectivity index (χ0) is 29.8. The van der Waals surface area contributed by atoms with Crippen LogP contribution in [0.3, 0.4) is 0 Å². The van der Waals surface area contributed by atoms with E-state index in [-0.39, 0.29) is 11.8 Å². The molecule has 3 aliphatic heterocycles. The number of Topliss-reactive ketones (excluding diaryl/α,β-unsaturated/α-hetero) is 1. The van der Waals surface area contributed by atoms with Gasteiger partial charge in [0.05, 0.1) is 13.2 Å². The molecule has 3 heterocycles. The average Bonchev–Trinajstić information content (AvgIpc) is 3.35. The molecule has 41 heavy (non-hydrogen) atoms. The van der Waals surface area contributed by atoms with Crippen molar-refractivity contribution in [1.29, 1.82) is 0 Å². The van der Waals surface area contributed by atoms with E-state index in [0.29, 0.717) is 6.42 Å². The number of nitrogens with zero attached hydrogens (tertiary/aromatic N) is 3. The van der Waals surface area contributed by atoms with E-state index in [0.717, 1.165) is 79.8 Å². The third-order valence-corrected chi connectivity index (χ3v) is 7.09. The highest BCUT2D eigenvalue weighted by Crippen LogP contribution is 2.25. The maximum Gasteiger partial charge on any atom is 0.139 e. The molecule has 3 aliphatic rings. The van der Waals surface area contributed by atoms with E-state index in [4.69, 9.17) is 10.5 Å². The van der Waals surface area contributed by atoms with Crippen LogP contribution in [0, 0.1) is 6.92 Å². The number of ketones is 1. The van der Waals surface area contributed by atoms with E-state index < -0.39 is 0 Å². The average molecular weight is 558 g/mol. The van der Waals surface area contributed by atoms with Crippen LogP contribution >= 0.6 is 0 Å². The van der Waals surface area contributed by atoms with Crippen molar-refractivity contribution >= 4 is 17.3 Å². The molecule has 0 spiro atoms. The van der Waals surface area contributed by atoms with Gasteiger partial charge in [-0.3, -0.25) is 4.79 Å². The predicted octanol–water partition coefficient (Wildman–Crippen LogP) is 5.49. The highest BCUT2D eigenvalue weighted by Gasteiger charge is 2.24. The van der Waals surface area contributed by atoms with Gasteiger partial charge in [-0.05, 0) is 57.9 Å². The van der Waals surface area contributed by atoms with Gasteiger partial charge in [0, 0.05) is 67.5 Å². The van der Waals surface area contributed by atoms with Gasteiger partial charge in [-0.1, -0.05) is 61.1 Å². The number of amidine groups is 1. The van der Waals surface area contributed by atoms with Crippen LogP contribution in [0.4, 0.5) is 0 Å². The van der Waals surface area contributed by atoms with Crippen LogP contribution in [0.25, 0.3) is 5.70 Å². The number of rotatable bonds is 9. The van der Waals surface area contributed by atoms with Gasteiger partial charge in [-0.15, -0.1) is 0 Å². The van der Waals surface area contributed by atoms with E-state index in [1.165, 1.54) is 11.3 Å². The molecule has 3 N–H and O–H groups in total. The molecule has 0 saturated carbocycles. The number of nitrogens with two attached hydrogens (primary N) is 1. The van der Waals surface area contributed by atoms with Crippen molar-refractivity contribution in [3.63, 3.8) is 0 Å². The number of aryl methyl sites for hydroxylation is 1. The maximum atomic E-state index is 11.1. The van der Waals surface area contributed by atoms with Crippen LogP contribution < -0.4 is 11.1 Å². The Kier molecular flexibility index (Phi) is 12.4. The molecule has 0 atom stereocenters. The minimum atomic E-state index is 0.201. The highest BCUT2D eigenvalue weighted by molar-refractivity contribution is 6.11. The first-order chi connectivity index (χ1) is 19.7. The lowest BCUT2D eigenvalue weighted by atomic mass is 10.1. The Balaban J connectivity index is 0.000000233. The lowest BCUT2D eigenvalue weighted by molar-refractivity contribution is -0.116. The lowest BCUT2D eigenvalue weighted by Gasteiger charge is -2.39. The fraction of sp³-hybridized carbons (Fsp3) is 0.412. The molecule has 0 amide bonds. The van der Waals surface area contributed by atoms with Crippen LogP contribution in [0.5, 0.6) is 0 Å². The summed E-state index contributed by atoms with van der Waals surface area (Å²) < 4.78 is 5.45. The van der Waals surface area contributed by atoms with Gasteiger partial charge < -0.3 is 25.6 Å². The van der Waals surface area contributed by atoms with Gasteiger partial charge in [0.2, 0.25) is 0 Å². The molecule has 0 aliphatic carbocycles. The molecule has 4 rings (SSSR count). The molecule has 1 aromatic rings. The first-order valence-corrected chi connectivity index (χ1v) is 14.5. The Hall–Kier alpha value is -3.68. The van der Waals surface area contributed by atoms with Gasteiger partial charge in [0.1, 0.15) is 11.6 Å². The molecule has 0 bridgehead atoms. The Morgan fingerprint density at radius 1 is 1.15 bits per heavy atom. The fourth-order valence-corrected chi connectivity index (χ4v) is 4.84. The minimum absolute atomic E-state index is 0.201. The summed E-state index contributed by atoms with van der Waals surface area (Å²) in [5.41, 5.74) is 13.9. The molecule has 7 nitrogen and oxygen atoms in total. The van der Waals surface area contributed by atoms with E-state index in [2.05, 4.69) is 102 Å². The van der Waals surface area contributed by atoms with Crippen LogP contribution in [-0.2, 0) is 9.53 Å². The van der Waals surface area contributed by atoms with Crippen LogP contribution in [0.15, 0.2) is 95.0 Å². The smallest absolute Gasteiger partial charge is 0.139 e. The summed E-state index contributed by atoms with van der Waals surface area (Å²) in [6, 6.07) is 8.79. The normalized spacial score (nSPS) is 20.3. The summed E-state index contributed by atoms with van der Waals surface area (Å²) in [5.74, 6) is 1.06. The molecular weight excluding hydrogens is 510 g/mol. The summed E-state index contributed by atoms with van der Waals surface area (Å²) in [6.07, 6.45) is 13.7. The molecule has 0 aromatic heterocycles. The fourth-order valence-electron chi connectivity index (χ4n) is 4.84. The van der Waals surface area contributed by atoms with Gasteiger partial charge in [0.15, 0.2) is 0 Å². The van der Waals surface area contributed by atoms with Crippen LogP contribution in [-0.4, -0.2) is 66.9 Å². The number of aliphatic imine (C=N–C) groups is 1. The topological polar surface area (TPSA) is 83.2 Å². The van der Waals surface area contributed by atoms with E-state index >= 15 is 0 Å². The second kappa shape index (κ2) is 15.9. The number of benzene rings is 1. The summed E-state index contributed by atoms with van der Waals surface area (Å²) in [6.45, 7) is 18.9. The summed E-state index contributed by atoms with van der Waals surface area (Å²) in [7, 11) is 0. The Morgan fingerprint density at radius 2 is 1.83 bits per heavy atom.